The van der Waals surface area contributed by atoms with Crippen molar-refractivity contribution in [3.05, 3.63) is 52.3 Å². The van der Waals surface area contributed by atoms with Crippen LogP contribution in [-0.2, 0) is 0 Å². The Bertz CT molecular complexity index is 555. The average Bonchev–Trinajstić information content (AvgIpc) is 2.42. The van der Waals surface area contributed by atoms with Crippen molar-refractivity contribution in [2.45, 2.75) is 19.9 Å². The van der Waals surface area contributed by atoms with E-state index in [0.29, 0.717) is 0 Å². The van der Waals surface area contributed by atoms with Crippen molar-refractivity contribution in [2.75, 3.05) is 12.4 Å². The molecule has 0 saturated carbocycles. The molecule has 0 aliphatic heterocycles. The molecular formula is C15H17BrN2O. The minimum atomic E-state index is 0.215. The van der Waals surface area contributed by atoms with Crippen molar-refractivity contribution in [1.29, 1.82) is 0 Å². The molecule has 0 radical (unpaired) electrons. The van der Waals surface area contributed by atoms with E-state index in [1.54, 1.807) is 7.11 Å². The van der Waals surface area contributed by atoms with Crippen molar-refractivity contribution in [2.24, 2.45) is 0 Å². The summed E-state index contributed by atoms with van der Waals surface area (Å²) in [4.78, 5) is 4.38. The molecule has 4 heteroatoms. The zero-order chi connectivity index (χ0) is 13.8. The van der Waals surface area contributed by atoms with E-state index in [4.69, 9.17) is 4.74 Å². The predicted octanol–water partition coefficient (Wildman–Crippen LogP) is 4.33. The number of rotatable bonds is 4. The SMILES string of the molecule is COc1ccc(C(C)Nc2ccc(Br)nc2C)cc1. The normalized spacial score (nSPS) is 12.0. The Morgan fingerprint density at radius 2 is 1.84 bits per heavy atom. The molecule has 0 bridgehead atoms. The highest BCUT2D eigenvalue weighted by atomic mass is 79.9. The van der Waals surface area contributed by atoms with Gasteiger partial charge in [0.2, 0.25) is 0 Å². The quantitative estimate of drug-likeness (QED) is 0.851. The number of halogens is 1. The lowest BCUT2D eigenvalue weighted by Gasteiger charge is -2.17. The van der Waals surface area contributed by atoms with E-state index in [-0.39, 0.29) is 6.04 Å². The summed E-state index contributed by atoms with van der Waals surface area (Å²) in [5, 5.41) is 3.47. The highest BCUT2D eigenvalue weighted by Crippen LogP contribution is 2.24. The van der Waals surface area contributed by atoms with Crippen LogP contribution in [0.1, 0.15) is 24.2 Å². The highest BCUT2D eigenvalue weighted by Gasteiger charge is 2.08. The van der Waals surface area contributed by atoms with E-state index in [2.05, 4.69) is 45.3 Å². The molecule has 0 aliphatic carbocycles. The van der Waals surface area contributed by atoms with Crippen LogP contribution in [-0.4, -0.2) is 12.1 Å². The van der Waals surface area contributed by atoms with Gasteiger partial charge in [0.15, 0.2) is 0 Å². The molecule has 0 amide bonds. The number of aromatic nitrogens is 1. The monoisotopic (exact) mass is 320 g/mol. The lowest BCUT2D eigenvalue weighted by molar-refractivity contribution is 0.414. The van der Waals surface area contributed by atoms with Gasteiger partial charge in [-0.25, -0.2) is 4.98 Å². The number of hydrogen-bond donors (Lipinski definition) is 1. The topological polar surface area (TPSA) is 34.1 Å². The molecule has 2 aromatic rings. The molecule has 2 rings (SSSR count). The molecule has 1 aromatic heterocycles. The van der Waals surface area contributed by atoms with E-state index in [0.717, 1.165) is 21.7 Å². The average molecular weight is 321 g/mol. The summed E-state index contributed by atoms with van der Waals surface area (Å²) in [5.41, 5.74) is 3.24. The Balaban J connectivity index is 2.13. The summed E-state index contributed by atoms with van der Waals surface area (Å²) >= 11 is 3.37. The number of aryl methyl sites for hydroxylation is 1. The van der Waals surface area contributed by atoms with Crippen LogP contribution in [0.15, 0.2) is 41.0 Å². The second-order valence-electron chi connectivity index (χ2n) is 4.41. The minimum Gasteiger partial charge on any atom is -0.497 e. The Morgan fingerprint density at radius 3 is 2.42 bits per heavy atom. The van der Waals surface area contributed by atoms with Crippen molar-refractivity contribution in [1.82, 2.24) is 4.98 Å². The number of hydrogen-bond acceptors (Lipinski definition) is 3. The summed E-state index contributed by atoms with van der Waals surface area (Å²) in [6.07, 6.45) is 0. The number of nitrogens with one attached hydrogen (secondary N) is 1. The van der Waals surface area contributed by atoms with Crippen LogP contribution in [0.25, 0.3) is 0 Å². The zero-order valence-electron chi connectivity index (χ0n) is 11.3. The Kier molecular flexibility index (Phi) is 4.43. The zero-order valence-corrected chi connectivity index (χ0v) is 12.9. The Labute approximate surface area is 122 Å². The fourth-order valence-corrected chi connectivity index (χ4v) is 2.29. The van der Waals surface area contributed by atoms with Gasteiger partial charge in [-0.2, -0.15) is 0 Å². The second kappa shape index (κ2) is 6.06. The van der Waals surface area contributed by atoms with E-state index < -0.39 is 0 Å². The van der Waals surface area contributed by atoms with Crippen molar-refractivity contribution in [3.8, 4) is 5.75 Å². The summed E-state index contributed by atoms with van der Waals surface area (Å²) in [6.45, 7) is 4.12. The molecule has 0 saturated heterocycles. The first-order valence-corrected chi connectivity index (χ1v) is 6.93. The summed E-state index contributed by atoms with van der Waals surface area (Å²) in [6, 6.07) is 12.3. The molecule has 0 aliphatic rings. The summed E-state index contributed by atoms with van der Waals surface area (Å²) in [7, 11) is 1.67. The third kappa shape index (κ3) is 3.47. The first kappa shape index (κ1) is 13.9. The maximum absolute atomic E-state index is 5.16. The van der Waals surface area contributed by atoms with Crippen molar-refractivity contribution in [3.63, 3.8) is 0 Å². The third-order valence-corrected chi connectivity index (χ3v) is 3.48. The van der Waals surface area contributed by atoms with Gasteiger partial charge < -0.3 is 10.1 Å². The van der Waals surface area contributed by atoms with Gasteiger partial charge in [-0.3, -0.25) is 0 Å². The molecule has 0 fully saturated rings. The van der Waals surface area contributed by atoms with Crippen LogP contribution >= 0.6 is 15.9 Å². The van der Waals surface area contributed by atoms with Gasteiger partial charge in [0.25, 0.3) is 0 Å². The van der Waals surface area contributed by atoms with Gasteiger partial charge in [-0.05, 0) is 59.6 Å². The van der Waals surface area contributed by atoms with E-state index >= 15 is 0 Å². The smallest absolute Gasteiger partial charge is 0.118 e. The molecule has 19 heavy (non-hydrogen) atoms. The van der Waals surface area contributed by atoms with Crippen molar-refractivity contribution < 1.29 is 4.74 Å². The number of nitrogens with zero attached hydrogens (tertiary/aromatic N) is 1. The number of ether oxygens (including phenoxy) is 1. The maximum atomic E-state index is 5.16. The summed E-state index contributed by atoms with van der Waals surface area (Å²) in [5.74, 6) is 0.873. The largest absolute Gasteiger partial charge is 0.497 e. The molecule has 0 spiro atoms. The standard InChI is InChI=1S/C15H17BrN2O/c1-10(12-4-6-13(19-3)7-5-12)17-14-8-9-15(16)18-11(14)2/h4-10,17H,1-3H3. The lowest BCUT2D eigenvalue weighted by atomic mass is 10.1. The lowest BCUT2D eigenvalue weighted by Crippen LogP contribution is -2.08. The van der Waals surface area contributed by atoms with Gasteiger partial charge in [0.05, 0.1) is 18.5 Å². The molecule has 3 nitrogen and oxygen atoms in total. The molecule has 1 heterocycles. The van der Waals surface area contributed by atoms with Crippen LogP contribution in [0.4, 0.5) is 5.69 Å². The highest BCUT2D eigenvalue weighted by molar-refractivity contribution is 9.10. The number of pyridine rings is 1. The van der Waals surface area contributed by atoms with Gasteiger partial charge >= 0.3 is 0 Å². The third-order valence-electron chi connectivity index (χ3n) is 3.04. The predicted molar refractivity (Wildman–Crippen MR) is 81.7 cm³/mol. The van der Waals surface area contributed by atoms with Crippen molar-refractivity contribution >= 4 is 21.6 Å². The molecule has 1 aromatic carbocycles. The van der Waals surface area contributed by atoms with Gasteiger partial charge in [0, 0.05) is 6.04 Å². The van der Waals surface area contributed by atoms with Gasteiger partial charge in [-0.15, -0.1) is 0 Å². The number of anilines is 1. The molecule has 1 N–H and O–H groups in total. The van der Waals surface area contributed by atoms with Crippen LogP contribution in [0.2, 0.25) is 0 Å². The molecule has 100 valence electrons. The van der Waals surface area contributed by atoms with E-state index in [9.17, 15) is 0 Å². The van der Waals surface area contributed by atoms with E-state index in [1.165, 1.54) is 5.56 Å². The molecule has 1 atom stereocenters. The first-order chi connectivity index (χ1) is 9.10. The Hall–Kier alpha value is -1.55. The van der Waals surface area contributed by atoms with Crippen LogP contribution < -0.4 is 10.1 Å². The maximum Gasteiger partial charge on any atom is 0.118 e. The van der Waals surface area contributed by atoms with Gasteiger partial charge in [-0.1, -0.05) is 12.1 Å². The second-order valence-corrected chi connectivity index (χ2v) is 5.22. The van der Waals surface area contributed by atoms with Crippen LogP contribution in [0, 0.1) is 6.92 Å². The first-order valence-electron chi connectivity index (χ1n) is 6.14. The van der Waals surface area contributed by atoms with Gasteiger partial charge in [0.1, 0.15) is 10.4 Å². The molecular weight excluding hydrogens is 304 g/mol. The Morgan fingerprint density at radius 1 is 1.16 bits per heavy atom. The minimum absolute atomic E-state index is 0.215. The fraction of sp³-hybridized carbons (Fsp3) is 0.267. The van der Waals surface area contributed by atoms with Crippen LogP contribution in [0.3, 0.4) is 0 Å². The molecule has 1 unspecified atom stereocenters. The fourth-order valence-electron chi connectivity index (χ4n) is 1.89. The number of methoxy groups -OCH3 is 1. The summed E-state index contributed by atoms with van der Waals surface area (Å²) < 4.78 is 6.02. The number of benzene rings is 1. The van der Waals surface area contributed by atoms with E-state index in [1.807, 2.05) is 31.2 Å². The van der Waals surface area contributed by atoms with Crippen LogP contribution in [0.5, 0.6) is 5.75 Å².